The molecule has 9 nitrogen and oxygen atoms in total. The van der Waals surface area contributed by atoms with E-state index in [4.69, 9.17) is 20.7 Å². The van der Waals surface area contributed by atoms with Crippen LogP contribution in [0.25, 0.3) is 21.6 Å². The van der Waals surface area contributed by atoms with Crippen LogP contribution in [0.15, 0.2) is 47.6 Å². The third-order valence-electron chi connectivity index (χ3n) is 6.43. The van der Waals surface area contributed by atoms with Gasteiger partial charge < -0.3 is 20.5 Å². The summed E-state index contributed by atoms with van der Waals surface area (Å²) < 4.78 is 10.8. The SMILES string of the molecule is CC(C)(C)OC(=O)NC1CCC(c2ccccc2-c2ccc(CCCCN=[N+]=[N-])cc2OC(N)=O)CC1. The molecule has 0 bridgehead atoms. The van der Waals surface area contributed by atoms with Crippen LogP contribution in [0.1, 0.15) is 76.3 Å². The number of azide groups is 1. The first-order valence-corrected chi connectivity index (χ1v) is 12.9. The van der Waals surface area contributed by atoms with E-state index in [9.17, 15) is 9.59 Å². The Kier molecular flexibility index (Phi) is 9.80. The number of nitrogens with one attached hydrogen (secondary N) is 1. The highest BCUT2D eigenvalue weighted by Gasteiger charge is 2.27. The third kappa shape index (κ3) is 8.72. The van der Waals surface area contributed by atoms with E-state index in [0.717, 1.165) is 61.6 Å². The molecular weight excluding hydrogens is 470 g/mol. The van der Waals surface area contributed by atoms with Gasteiger partial charge in [0.1, 0.15) is 11.4 Å². The van der Waals surface area contributed by atoms with Crippen molar-refractivity contribution in [3.8, 4) is 16.9 Å². The zero-order chi connectivity index (χ0) is 26.8. The van der Waals surface area contributed by atoms with Crippen molar-refractivity contribution >= 4 is 12.2 Å². The van der Waals surface area contributed by atoms with Crippen molar-refractivity contribution < 1.29 is 19.1 Å². The van der Waals surface area contributed by atoms with Gasteiger partial charge in [-0.05, 0) is 99.9 Å². The molecule has 1 saturated carbocycles. The maximum absolute atomic E-state index is 12.2. The predicted octanol–water partition coefficient (Wildman–Crippen LogP) is 7.00. The van der Waals surface area contributed by atoms with E-state index in [0.29, 0.717) is 18.2 Å². The Morgan fingerprint density at radius 2 is 1.81 bits per heavy atom. The highest BCUT2D eigenvalue weighted by Crippen LogP contribution is 2.41. The number of hydrogen-bond acceptors (Lipinski definition) is 5. The lowest BCUT2D eigenvalue weighted by Gasteiger charge is -2.31. The normalized spacial score (nSPS) is 17.4. The third-order valence-corrected chi connectivity index (χ3v) is 6.43. The fourth-order valence-electron chi connectivity index (χ4n) is 4.82. The number of rotatable bonds is 9. The van der Waals surface area contributed by atoms with E-state index >= 15 is 0 Å². The maximum Gasteiger partial charge on any atom is 0.409 e. The van der Waals surface area contributed by atoms with Gasteiger partial charge in [-0.1, -0.05) is 41.5 Å². The average molecular weight is 508 g/mol. The van der Waals surface area contributed by atoms with Gasteiger partial charge in [0.05, 0.1) is 0 Å². The van der Waals surface area contributed by atoms with Gasteiger partial charge in [-0.15, -0.1) is 0 Å². The molecule has 0 aromatic heterocycles. The molecule has 37 heavy (non-hydrogen) atoms. The van der Waals surface area contributed by atoms with E-state index in [1.807, 2.05) is 57.2 Å². The van der Waals surface area contributed by atoms with Crippen molar-refractivity contribution in [2.24, 2.45) is 10.8 Å². The molecule has 0 aliphatic heterocycles. The molecule has 0 unspecified atom stereocenters. The summed E-state index contributed by atoms with van der Waals surface area (Å²) in [4.78, 5) is 26.7. The van der Waals surface area contributed by atoms with E-state index in [1.165, 1.54) is 5.56 Å². The molecule has 2 aromatic rings. The Balaban J connectivity index is 1.75. The van der Waals surface area contributed by atoms with Gasteiger partial charge in [0, 0.05) is 23.1 Å². The van der Waals surface area contributed by atoms with Gasteiger partial charge in [-0.3, -0.25) is 0 Å². The van der Waals surface area contributed by atoms with E-state index in [2.05, 4.69) is 21.4 Å². The molecule has 9 heteroatoms. The van der Waals surface area contributed by atoms with Crippen molar-refractivity contribution in [3.05, 3.63) is 64.0 Å². The highest BCUT2D eigenvalue weighted by molar-refractivity contribution is 5.78. The second-order valence-electron chi connectivity index (χ2n) is 10.4. The van der Waals surface area contributed by atoms with Gasteiger partial charge in [0.25, 0.3) is 0 Å². The molecule has 1 aliphatic rings. The second kappa shape index (κ2) is 13.0. The molecule has 0 spiro atoms. The number of hydrogen-bond donors (Lipinski definition) is 2. The number of nitrogens with two attached hydrogens (primary N) is 1. The summed E-state index contributed by atoms with van der Waals surface area (Å²) in [5.41, 5.74) is 17.3. The minimum Gasteiger partial charge on any atom is -0.444 e. The number of alkyl carbamates (subject to hydrolysis) is 1. The summed E-state index contributed by atoms with van der Waals surface area (Å²) in [5, 5.41) is 6.57. The van der Waals surface area contributed by atoms with Crippen LogP contribution in [-0.2, 0) is 11.2 Å². The van der Waals surface area contributed by atoms with Gasteiger partial charge >= 0.3 is 12.2 Å². The summed E-state index contributed by atoms with van der Waals surface area (Å²) in [6.45, 7) is 6.03. The van der Waals surface area contributed by atoms with Crippen molar-refractivity contribution in [1.82, 2.24) is 5.32 Å². The molecule has 1 aliphatic carbocycles. The first-order valence-electron chi connectivity index (χ1n) is 12.9. The highest BCUT2D eigenvalue weighted by atomic mass is 16.6. The molecule has 2 amide bonds. The molecule has 3 N–H and O–H groups in total. The van der Waals surface area contributed by atoms with Crippen molar-refractivity contribution in [1.29, 1.82) is 0 Å². The topological polar surface area (TPSA) is 139 Å². The van der Waals surface area contributed by atoms with Crippen molar-refractivity contribution in [2.45, 2.75) is 83.3 Å². The van der Waals surface area contributed by atoms with Crippen LogP contribution in [-0.4, -0.2) is 30.4 Å². The zero-order valence-electron chi connectivity index (χ0n) is 21.9. The summed E-state index contributed by atoms with van der Waals surface area (Å²) in [6, 6.07) is 14.1. The molecule has 0 atom stereocenters. The molecule has 0 heterocycles. The quantitative estimate of drug-likeness (QED) is 0.163. The fourth-order valence-corrected chi connectivity index (χ4v) is 4.82. The number of nitrogens with zero attached hydrogens (tertiary/aromatic N) is 3. The summed E-state index contributed by atoms with van der Waals surface area (Å²) >= 11 is 0. The zero-order valence-corrected chi connectivity index (χ0v) is 21.9. The second-order valence-corrected chi connectivity index (χ2v) is 10.4. The molecule has 1 fully saturated rings. The van der Waals surface area contributed by atoms with Crippen LogP contribution in [0.5, 0.6) is 5.75 Å². The number of carbonyl (C=O) groups excluding carboxylic acids is 2. The number of ether oxygens (including phenoxy) is 2. The molecular formula is C28H37N5O4. The largest absolute Gasteiger partial charge is 0.444 e. The number of carbonyl (C=O) groups is 2. The lowest BCUT2D eigenvalue weighted by Crippen LogP contribution is -2.40. The summed E-state index contributed by atoms with van der Waals surface area (Å²) in [5.74, 6) is 0.752. The minimum atomic E-state index is -0.854. The fraction of sp³-hybridized carbons (Fsp3) is 0.500. The summed E-state index contributed by atoms with van der Waals surface area (Å²) in [6.07, 6.45) is 4.74. The predicted molar refractivity (Wildman–Crippen MR) is 143 cm³/mol. The lowest BCUT2D eigenvalue weighted by atomic mass is 9.79. The Labute approximate surface area is 218 Å². The number of aryl methyl sites for hydroxylation is 1. The number of unbranched alkanes of at least 4 members (excludes halogenated alkanes) is 1. The molecule has 2 aromatic carbocycles. The first-order chi connectivity index (χ1) is 17.7. The molecule has 198 valence electrons. The van der Waals surface area contributed by atoms with Gasteiger partial charge in [0.15, 0.2) is 0 Å². The number of benzene rings is 2. The van der Waals surface area contributed by atoms with Gasteiger partial charge in [0.2, 0.25) is 0 Å². The molecule has 3 rings (SSSR count). The Hall–Kier alpha value is -3.71. The summed E-state index contributed by atoms with van der Waals surface area (Å²) in [7, 11) is 0. The Morgan fingerprint density at radius 1 is 1.08 bits per heavy atom. The van der Waals surface area contributed by atoms with E-state index in [1.54, 1.807) is 0 Å². The van der Waals surface area contributed by atoms with E-state index < -0.39 is 11.7 Å². The smallest absolute Gasteiger partial charge is 0.409 e. The monoisotopic (exact) mass is 507 g/mol. The standard InChI is InChI=1S/C28H37N5O4/c1-28(2,3)37-27(35)32-21-14-12-20(13-15-21)22-9-4-5-10-23(22)24-16-11-19(8-6-7-17-31-33-30)18-25(24)36-26(29)34/h4-5,9-11,16,18,20-21H,6-8,12-15,17H2,1-3H3,(H2,29,34)(H,32,35). The molecule has 0 radical (unpaired) electrons. The van der Waals surface area contributed by atoms with Crippen molar-refractivity contribution in [3.63, 3.8) is 0 Å². The van der Waals surface area contributed by atoms with Crippen molar-refractivity contribution in [2.75, 3.05) is 6.54 Å². The van der Waals surface area contributed by atoms with Gasteiger partial charge in [-0.25, -0.2) is 9.59 Å². The van der Waals surface area contributed by atoms with Gasteiger partial charge in [-0.2, -0.15) is 0 Å². The maximum atomic E-state index is 12.2. The average Bonchev–Trinajstić information content (AvgIpc) is 2.83. The van der Waals surface area contributed by atoms with Crippen LogP contribution in [0.4, 0.5) is 9.59 Å². The molecule has 0 saturated heterocycles. The van der Waals surface area contributed by atoms with Crippen LogP contribution in [0.3, 0.4) is 0 Å². The number of primary amides is 1. The lowest BCUT2D eigenvalue weighted by molar-refractivity contribution is 0.0491. The van der Waals surface area contributed by atoms with E-state index in [-0.39, 0.29) is 12.1 Å². The first kappa shape index (κ1) is 27.9. The van der Waals surface area contributed by atoms with Crippen LogP contribution >= 0.6 is 0 Å². The Bertz CT molecular complexity index is 1130. The van der Waals surface area contributed by atoms with Crippen LogP contribution < -0.4 is 15.8 Å². The minimum absolute atomic E-state index is 0.0881. The number of amides is 2. The Morgan fingerprint density at radius 3 is 2.49 bits per heavy atom. The van der Waals surface area contributed by atoms with Crippen LogP contribution in [0, 0.1) is 0 Å². The van der Waals surface area contributed by atoms with Crippen LogP contribution in [0.2, 0.25) is 0 Å².